The molecule has 0 saturated heterocycles. The molecule has 1 fully saturated rings. The molecule has 3 unspecified atom stereocenters. The average molecular weight is 280 g/mol. The van der Waals surface area contributed by atoms with Crippen LogP contribution in [0.2, 0.25) is 0 Å². The normalized spacial score (nSPS) is 22.9. The summed E-state index contributed by atoms with van der Waals surface area (Å²) >= 11 is 1.72. The molecule has 1 N–H and O–H groups in total. The molecule has 3 atom stereocenters. The van der Waals surface area contributed by atoms with Gasteiger partial charge in [0.1, 0.15) is 0 Å². The van der Waals surface area contributed by atoms with Crippen LogP contribution in [0.1, 0.15) is 29.6 Å². The quantitative estimate of drug-likeness (QED) is 0.735. The first-order valence-corrected chi connectivity index (χ1v) is 7.91. The molecule has 2 heteroatoms. The second-order valence-corrected chi connectivity index (χ2v) is 6.46. The fraction of sp³-hybridized carbons (Fsp3) is 0.222. The largest absolute Gasteiger partial charge is 0.388 e. The van der Waals surface area contributed by atoms with Gasteiger partial charge in [0.2, 0.25) is 0 Å². The van der Waals surface area contributed by atoms with Crippen LogP contribution >= 0.6 is 11.3 Å². The number of rotatable bonds is 3. The highest BCUT2D eigenvalue weighted by atomic mass is 32.1. The van der Waals surface area contributed by atoms with Gasteiger partial charge in [-0.25, -0.2) is 0 Å². The van der Waals surface area contributed by atoms with Crippen molar-refractivity contribution in [2.75, 3.05) is 0 Å². The van der Waals surface area contributed by atoms with Crippen molar-refractivity contribution in [1.29, 1.82) is 0 Å². The molecule has 0 aliphatic heterocycles. The van der Waals surface area contributed by atoms with Crippen LogP contribution in [0.5, 0.6) is 0 Å². The Bertz CT molecular complexity index is 731. The molecular weight excluding hydrogens is 264 g/mol. The Morgan fingerprint density at radius 3 is 2.70 bits per heavy atom. The number of aliphatic hydroxyl groups excluding tert-OH is 1. The first-order chi connectivity index (χ1) is 9.84. The Kier molecular flexibility index (Phi) is 2.86. The molecule has 1 saturated carbocycles. The number of hydrogen-bond acceptors (Lipinski definition) is 2. The molecule has 20 heavy (non-hydrogen) atoms. The average Bonchev–Trinajstić information content (AvgIpc) is 3.16. The molecule has 1 aliphatic carbocycles. The molecule has 1 heterocycles. The maximum absolute atomic E-state index is 10.7. The van der Waals surface area contributed by atoms with Crippen LogP contribution in [-0.4, -0.2) is 5.11 Å². The first kappa shape index (κ1) is 12.1. The summed E-state index contributed by atoms with van der Waals surface area (Å²) < 4.78 is 1.23. The number of fused-ring (bicyclic) bond motifs is 1. The summed E-state index contributed by atoms with van der Waals surface area (Å²) in [7, 11) is 0. The predicted molar refractivity (Wildman–Crippen MR) is 84.1 cm³/mol. The molecule has 1 aliphatic rings. The molecule has 100 valence electrons. The van der Waals surface area contributed by atoms with Crippen molar-refractivity contribution in [2.24, 2.45) is 5.92 Å². The van der Waals surface area contributed by atoms with E-state index in [1.54, 1.807) is 11.3 Å². The van der Waals surface area contributed by atoms with Crippen molar-refractivity contribution in [3.8, 4) is 0 Å². The van der Waals surface area contributed by atoms with Crippen LogP contribution in [0.4, 0.5) is 0 Å². The lowest BCUT2D eigenvalue weighted by molar-refractivity contribution is 0.153. The summed E-state index contributed by atoms with van der Waals surface area (Å²) in [6, 6.07) is 18.9. The van der Waals surface area contributed by atoms with E-state index in [1.807, 2.05) is 12.1 Å². The van der Waals surface area contributed by atoms with Crippen molar-refractivity contribution in [3.05, 3.63) is 71.1 Å². The lowest BCUT2D eigenvalue weighted by Gasteiger charge is -2.12. The van der Waals surface area contributed by atoms with Gasteiger partial charge in [-0.15, -0.1) is 11.3 Å². The van der Waals surface area contributed by atoms with Crippen LogP contribution in [0.3, 0.4) is 0 Å². The summed E-state index contributed by atoms with van der Waals surface area (Å²) in [5.41, 5.74) is 2.45. The van der Waals surface area contributed by atoms with Gasteiger partial charge >= 0.3 is 0 Å². The summed E-state index contributed by atoms with van der Waals surface area (Å²) in [5.74, 6) is 0.881. The van der Waals surface area contributed by atoms with Gasteiger partial charge in [-0.3, -0.25) is 0 Å². The van der Waals surface area contributed by atoms with Crippen molar-refractivity contribution in [1.82, 2.24) is 0 Å². The number of hydrogen-bond donors (Lipinski definition) is 1. The van der Waals surface area contributed by atoms with Crippen LogP contribution in [0.15, 0.2) is 60.0 Å². The fourth-order valence-electron chi connectivity index (χ4n) is 3.13. The van der Waals surface area contributed by atoms with Gasteiger partial charge in [0.25, 0.3) is 0 Å². The van der Waals surface area contributed by atoms with Crippen molar-refractivity contribution < 1.29 is 5.11 Å². The van der Waals surface area contributed by atoms with Crippen molar-refractivity contribution in [2.45, 2.75) is 18.4 Å². The minimum atomic E-state index is -0.345. The lowest BCUT2D eigenvalue weighted by Crippen LogP contribution is -2.01. The smallest absolute Gasteiger partial charge is 0.0838 e. The van der Waals surface area contributed by atoms with E-state index in [0.717, 1.165) is 12.0 Å². The van der Waals surface area contributed by atoms with E-state index in [2.05, 4.69) is 47.8 Å². The molecule has 3 aromatic rings. The summed E-state index contributed by atoms with van der Waals surface area (Å²) in [6.45, 7) is 0. The standard InChI is InChI=1S/C18H16OS/c19-17(14-8-4-7-13-9-10-20-18(13)14)16-11-15(16)12-5-2-1-3-6-12/h1-10,15-17,19H,11H2. The molecule has 1 nitrogen and oxygen atoms in total. The van der Waals surface area contributed by atoms with E-state index in [4.69, 9.17) is 0 Å². The molecule has 2 aromatic carbocycles. The van der Waals surface area contributed by atoms with E-state index in [-0.39, 0.29) is 6.10 Å². The van der Waals surface area contributed by atoms with Crippen LogP contribution < -0.4 is 0 Å². The summed E-state index contributed by atoms with van der Waals surface area (Å²) in [4.78, 5) is 0. The molecule has 0 bridgehead atoms. The third-order valence-electron chi connectivity index (χ3n) is 4.30. The van der Waals surface area contributed by atoms with Crippen molar-refractivity contribution >= 4 is 21.4 Å². The van der Waals surface area contributed by atoms with E-state index in [9.17, 15) is 5.11 Å². The Balaban J connectivity index is 1.63. The zero-order chi connectivity index (χ0) is 13.5. The second-order valence-electron chi connectivity index (χ2n) is 5.55. The Morgan fingerprint density at radius 1 is 1.00 bits per heavy atom. The van der Waals surface area contributed by atoms with E-state index >= 15 is 0 Å². The van der Waals surface area contributed by atoms with Gasteiger partial charge in [0.15, 0.2) is 0 Å². The minimum Gasteiger partial charge on any atom is -0.388 e. The molecule has 0 amide bonds. The highest BCUT2D eigenvalue weighted by molar-refractivity contribution is 7.17. The zero-order valence-electron chi connectivity index (χ0n) is 11.1. The highest BCUT2D eigenvalue weighted by Crippen LogP contribution is 2.54. The van der Waals surface area contributed by atoms with E-state index in [0.29, 0.717) is 11.8 Å². The Morgan fingerprint density at radius 2 is 1.85 bits per heavy atom. The monoisotopic (exact) mass is 280 g/mol. The second kappa shape index (κ2) is 4.72. The fourth-order valence-corrected chi connectivity index (χ4v) is 4.07. The van der Waals surface area contributed by atoms with Gasteiger partial charge in [-0.1, -0.05) is 48.5 Å². The Hall–Kier alpha value is -1.64. The van der Waals surface area contributed by atoms with Gasteiger partial charge in [-0.05, 0) is 46.2 Å². The van der Waals surface area contributed by atoms with E-state index < -0.39 is 0 Å². The number of aliphatic hydroxyl groups is 1. The summed E-state index contributed by atoms with van der Waals surface area (Å²) in [5, 5.41) is 14.1. The summed E-state index contributed by atoms with van der Waals surface area (Å²) in [6.07, 6.45) is 0.745. The van der Waals surface area contributed by atoms with Crippen LogP contribution in [0.25, 0.3) is 10.1 Å². The topological polar surface area (TPSA) is 20.2 Å². The number of thiophene rings is 1. The highest BCUT2D eigenvalue weighted by Gasteiger charge is 2.44. The molecule has 4 rings (SSSR count). The molecular formula is C18H16OS. The third kappa shape index (κ3) is 1.96. The molecule has 1 aromatic heterocycles. The molecule has 0 spiro atoms. The van der Waals surface area contributed by atoms with Crippen LogP contribution in [0, 0.1) is 5.92 Å². The SMILES string of the molecule is OC(c1cccc2ccsc12)C1CC1c1ccccc1. The third-order valence-corrected chi connectivity index (χ3v) is 5.28. The minimum absolute atomic E-state index is 0.345. The zero-order valence-corrected chi connectivity index (χ0v) is 11.9. The van der Waals surface area contributed by atoms with Crippen LogP contribution in [-0.2, 0) is 0 Å². The van der Waals surface area contributed by atoms with E-state index in [1.165, 1.54) is 15.6 Å². The van der Waals surface area contributed by atoms with Gasteiger partial charge < -0.3 is 5.11 Å². The maximum Gasteiger partial charge on any atom is 0.0838 e. The van der Waals surface area contributed by atoms with Crippen molar-refractivity contribution in [3.63, 3.8) is 0 Å². The first-order valence-electron chi connectivity index (χ1n) is 7.04. The van der Waals surface area contributed by atoms with Gasteiger partial charge in [-0.2, -0.15) is 0 Å². The predicted octanol–water partition coefficient (Wildman–Crippen LogP) is 4.74. The maximum atomic E-state index is 10.7. The lowest BCUT2D eigenvalue weighted by atomic mass is 10.0. The van der Waals surface area contributed by atoms with Gasteiger partial charge in [0.05, 0.1) is 6.10 Å². The number of benzene rings is 2. The molecule has 0 radical (unpaired) electrons. The Labute approximate surface area is 122 Å². The van der Waals surface area contributed by atoms with Gasteiger partial charge in [0, 0.05) is 4.70 Å².